The van der Waals surface area contributed by atoms with Crippen LogP contribution in [0.3, 0.4) is 0 Å². The largest absolute Gasteiger partial charge is 0.457 e. The molecule has 0 rings (SSSR count). The summed E-state index contributed by atoms with van der Waals surface area (Å²) >= 11 is 0. The van der Waals surface area contributed by atoms with E-state index in [1.165, 1.54) is 25.7 Å². The molecule has 0 aromatic carbocycles. The number of rotatable bonds is 7. The zero-order chi connectivity index (χ0) is 12.6. The zero-order valence-electron chi connectivity index (χ0n) is 11.3. The standard InChI is InChI=1S/C14H26O2/c1-6-7-8-9-10-11-12(2)13(15)16-14(3,4)5/h2,6-11H2,1,3-5H3. The number of hydrogen-bond donors (Lipinski definition) is 0. The fourth-order valence-electron chi connectivity index (χ4n) is 1.39. The lowest BCUT2D eigenvalue weighted by atomic mass is 10.1. The average Bonchev–Trinajstić information content (AvgIpc) is 2.14. The molecule has 0 unspecified atom stereocenters. The molecule has 0 bridgehead atoms. The fraction of sp³-hybridized carbons (Fsp3) is 0.786. The molecule has 94 valence electrons. The Morgan fingerprint density at radius 2 is 1.69 bits per heavy atom. The molecule has 0 heterocycles. The van der Waals surface area contributed by atoms with Crippen LogP contribution in [-0.4, -0.2) is 11.6 Å². The lowest BCUT2D eigenvalue weighted by Gasteiger charge is -2.20. The molecule has 2 nitrogen and oxygen atoms in total. The predicted molar refractivity (Wildman–Crippen MR) is 68.4 cm³/mol. The van der Waals surface area contributed by atoms with Crippen molar-refractivity contribution in [1.29, 1.82) is 0 Å². The molecule has 2 heteroatoms. The number of carbonyl (C=O) groups excluding carboxylic acids is 1. The van der Waals surface area contributed by atoms with Crippen molar-refractivity contribution in [3.8, 4) is 0 Å². The van der Waals surface area contributed by atoms with Crippen LogP contribution in [-0.2, 0) is 9.53 Å². The summed E-state index contributed by atoms with van der Waals surface area (Å²) in [5.74, 6) is -0.247. The maximum Gasteiger partial charge on any atom is 0.333 e. The van der Waals surface area contributed by atoms with Crippen molar-refractivity contribution in [3.63, 3.8) is 0 Å². The minimum absolute atomic E-state index is 0.247. The molecule has 16 heavy (non-hydrogen) atoms. The molecule has 0 saturated heterocycles. The molecule has 0 amide bonds. The summed E-state index contributed by atoms with van der Waals surface area (Å²) < 4.78 is 5.24. The van der Waals surface area contributed by atoms with Gasteiger partial charge in [0.2, 0.25) is 0 Å². The minimum atomic E-state index is -0.414. The highest BCUT2D eigenvalue weighted by Gasteiger charge is 2.17. The second kappa shape index (κ2) is 7.48. The van der Waals surface area contributed by atoms with E-state index in [1.54, 1.807) is 0 Å². The van der Waals surface area contributed by atoms with E-state index in [1.807, 2.05) is 20.8 Å². The van der Waals surface area contributed by atoms with Crippen LogP contribution in [0.5, 0.6) is 0 Å². The number of hydrogen-bond acceptors (Lipinski definition) is 2. The number of carbonyl (C=O) groups is 1. The van der Waals surface area contributed by atoms with Crippen LogP contribution in [0, 0.1) is 0 Å². The maximum absolute atomic E-state index is 11.6. The molecular formula is C14H26O2. The summed E-state index contributed by atoms with van der Waals surface area (Å²) in [6.45, 7) is 11.6. The Balaban J connectivity index is 3.68. The van der Waals surface area contributed by atoms with Gasteiger partial charge in [0.05, 0.1) is 0 Å². The van der Waals surface area contributed by atoms with E-state index in [0.29, 0.717) is 5.57 Å². The third-order valence-corrected chi connectivity index (χ3v) is 2.27. The Labute approximate surface area is 100 Å². The van der Waals surface area contributed by atoms with Gasteiger partial charge in [-0.25, -0.2) is 4.79 Å². The Morgan fingerprint density at radius 1 is 1.12 bits per heavy atom. The average molecular weight is 226 g/mol. The van der Waals surface area contributed by atoms with Crippen LogP contribution in [0.1, 0.15) is 66.2 Å². The van der Waals surface area contributed by atoms with Gasteiger partial charge in [-0.3, -0.25) is 0 Å². The molecule has 0 aliphatic carbocycles. The minimum Gasteiger partial charge on any atom is -0.457 e. The first-order valence-corrected chi connectivity index (χ1v) is 6.28. The van der Waals surface area contributed by atoms with E-state index in [2.05, 4.69) is 13.5 Å². The lowest BCUT2D eigenvalue weighted by Crippen LogP contribution is -2.24. The Morgan fingerprint density at radius 3 is 2.19 bits per heavy atom. The van der Waals surface area contributed by atoms with Gasteiger partial charge in [0.25, 0.3) is 0 Å². The Kier molecular flexibility index (Phi) is 7.11. The summed E-state index contributed by atoms with van der Waals surface area (Å²) in [6.07, 6.45) is 6.75. The summed E-state index contributed by atoms with van der Waals surface area (Å²) in [5.41, 5.74) is 0.189. The van der Waals surface area contributed by atoms with Gasteiger partial charge in [-0.2, -0.15) is 0 Å². The van der Waals surface area contributed by atoms with E-state index < -0.39 is 5.60 Å². The number of ether oxygens (including phenoxy) is 1. The van der Waals surface area contributed by atoms with Crippen LogP contribution in [0.25, 0.3) is 0 Å². The summed E-state index contributed by atoms with van der Waals surface area (Å²) in [4.78, 5) is 11.6. The van der Waals surface area contributed by atoms with E-state index in [9.17, 15) is 4.79 Å². The first-order chi connectivity index (χ1) is 7.37. The normalized spacial score (nSPS) is 11.2. The molecule has 0 aromatic heterocycles. The highest BCUT2D eigenvalue weighted by atomic mass is 16.6. The van der Waals surface area contributed by atoms with Crippen LogP contribution in [0.4, 0.5) is 0 Å². The van der Waals surface area contributed by atoms with Crippen LogP contribution < -0.4 is 0 Å². The maximum atomic E-state index is 11.6. The van der Waals surface area contributed by atoms with Crippen molar-refractivity contribution >= 4 is 5.97 Å². The SMILES string of the molecule is C=C(CCCCCCC)C(=O)OC(C)(C)C. The summed E-state index contributed by atoms with van der Waals surface area (Å²) in [6, 6.07) is 0. The number of unbranched alkanes of at least 4 members (excludes halogenated alkanes) is 4. The van der Waals surface area contributed by atoms with E-state index in [4.69, 9.17) is 4.74 Å². The highest BCUT2D eigenvalue weighted by molar-refractivity contribution is 5.87. The molecular weight excluding hydrogens is 200 g/mol. The molecule has 0 atom stereocenters. The third-order valence-electron chi connectivity index (χ3n) is 2.27. The van der Waals surface area contributed by atoms with Gasteiger partial charge >= 0.3 is 5.97 Å². The lowest BCUT2D eigenvalue weighted by molar-refractivity contribution is -0.150. The molecule has 0 saturated carbocycles. The van der Waals surface area contributed by atoms with Crippen molar-refractivity contribution in [2.75, 3.05) is 0 Å². The van der Waals surface area contributed by atoms with Crippen molar-refractivity contribution in [2.24, 2.45) is 0 Å². The summed E-state index contributed by atoms with van der Waals surface area (Å²) in [5, 5.41) is 0. The van der Waals surface area contributed by atoms with Gasteiger partial charge in [-0.1, -0.05) is 39.2 Å². The van der Waals surface area contributed by atoms with Crippen LogP contribution in [0.2, 0.25) is 0 Å². The fourth-order valence-corrected chi connectivity index (χ4v) is 1.39. The van der Waals surface area contributed by atoms with Crippen LogP contribution >= 0.6 is 0 Å². The van der Waals surface area contributed by atoms with Gasteiger partial charge in [0.15, 0.2) is 0 Å². The molecule has 0 N–H and O–H groups in total. The van der Waals surface area contributed by atoms with Crippen molar-refractivity contribution in [3.05, 3.63) is 12.2 Å². The number of esters is 1. The molecule has 0 aromatic rings. The second-order valence-corrected chi connectivity index (χ2v) is 5.27. The third kappa shape index (κ3) is 8.51. The highest BCUT2D eigenvalue weighted by Crippen LogP contribution is 2.15. The van der Waals surface area contributed by atoms with Gasteiger partial charge in [0.1, 0.15) is 5.60 Å². The van der Waals surface area contributed by atoms with Crippen molar-refractivity contribution in [1.82, 2.24) is 0 Å². The first-order valence-electron chi connectivity index (χ1n) is 6.28. The van der Waals surface area contributed by atoms with E-state index in [0.717, 1.165) is 12.8 Å². The van der Waals surface area contributed by atoms with Crippen molar-refractivity contribution < 1.29 is 9.53 Å². The van der Waals surface area contributed by atoms with Gasteiger partial charge in [0, 0.05) is 5.57 Å². The summed E-state index contributed by atoms with van der Waals surface area (Å²) in [7, 11) is 0. The zero-order valence-corrected chi connectivity index (χ0v) is 11.3. The quantitative estimate of drug-likeness (QED) is 0.368. The van der Waals surface area contributed by atoms with Gasteiger partial charge in [-0.05, 0) is 33.6 Å². The van der Waals surface area contributed by atoms with Crippen molar-refractivity contribution in [2.45, 2.75) is 71.8 Å². The van der Waals surface area contributed by atoms with E-state index in [-0.39, 0.29) is 5.97 Å². The molecule has 0 fully saturated rings. The molecule has 0 aliphatic heterocycles. The molecule has 0 aliphatic rings. The second-order valence-electron chi connectivity index (χ2n) is 5.27. The Hall–Kier alpha value is -0.790. The predicted octanol–water partition coefficient (Wildman–Crippen LogP) is 4.24. The monoisotopic (exact) mass is 226 g/mol. The Bertz CT molecular complexity index is 223. The van der Waals surface area contributed by atoms with E-state index >= 15 is 0 Å². The first kappa shape index (κ1) is 15.2. The molecule has 0 radical (unpaired) electrons. The van der Waals surface area contributed by atoms with Gasteiger partial charge < -0.3 is 4.74 Å². The topological polar surface area (TPSA) is 26.3 Å². The van der Waals surface area contributed by atoms with Gasteiger partial charge in [-0.15, -0.1) is 0 Å². The molecule has 0 spiro atoms. The smallest absolute Gasteiger partial charge is 0.333 e. The van der Waals surface area contributed by atoms with Crippen LogP contribution in [0.15, 0.2) is 12.2 Å².